The number of nitrogens with one attached hydrogen (secondary N) is 1. The third-order valence-electron chi connectivity index (χ3n) is 4.53. The first-order valence-electron chi connectivity index (χ1n) is 7.72. The molecule has 1 aliphatic heterocycles. The van der Waals surface area contributed by atoms with Crippen molar-refractivity contribution in [1.82, 2.24) is 15.2 Å². The van der Waals surface area contributed by atoms with Gasteiger partial charge in [0.05, 0.1) is 10.7 Å². The molecule has 0 bridgehead atoms. The average molecular weight is 279 g/mol. The summed E-state index contributed by atoms with van der Waals surface area (Å²) < 4.78 is 0. The van der Waals surface area contributed by atoms with Crippen LogP contribution in [0.4, 0.5) is 0 Å². The maximum Gasteiger partial charge on any atom is 0.0959 e. The summed E-state index contributed by atoms with van der Waals surface area (Å²) in [5.41, 5.74) is 1.29. The highest BCUT2D eigenvalue weighted by Crippen LogP contribution is 2.34. The van der Waals surface area contributed by atoms with Gasteiger partial charge in [0.1, 0.15) is 0 Å². The number of thiazole rings is 1. The average Bonchev–Trinajstić information content (AvgIpc) is 2.91. The Morgan fingerprint density at radius 3 is 3.00 bits per heavy atom. The highest BCUT2D eigenvalue weighted by atomic mass is 32.1. The lowest BCUT2D eigenvalue weighted by Gasteiger charge is -2.33. The van der Waals surface area contributed by atoms with Crippen molar-refractivity contribution in [2.45, 2.75) is 57.5 Å². The molecule has 3 nitrogen and oxygen atoms in total. The summed E-state index contributed by atoms with van der Waals surface area (Å²) in [6.07, 6.45) is 6.93. The van der Waals surface area contributed by atoms with E-state index in [0.717, 1.165) is 32.1 Å². The summed E-state index contributed by atoms with van der Waals surface area (Å²) in [6.45, 7) is 6.72. The molecule has 1 aromatic heterocycles. The Hall–Kier alpha value is -0.450. The van der Waals surface area contributed by atoms with Crippen molar-refractivity contribution in [2.24, 2.45) is 0 Å². The molecule has 0 aromatic carbocycles. The molecule has 19 heavy (non-hydrogen) atoms. The van der Waals surface area contributed by atoms with Crippen molar-refractivity contribution < 1.29 is 0 Å². The molecule has 1 atom stereocenters. The molecule has 0 amide bonds. The van der Waals surface area contributed by atoms with E-state index in [2.05, 4.69) is 22.5 Å². The molecule has 3 rings (SSSR count). The Labute approximate surface area is 120 Å². The molecule has 1 aliphatic carbocycles. The summed E-state index contributed by atoms with van der Waals surface area (Å²) >= 11 is 1.89. The quantitative estimate of drug-likeness (QED) is 0.922. The number of hydrogen-bond acceptors (Lipinski definition) is 4. The van der Waals surface area contributed by atoms with Crippen molar-refractivity contribution in [3.8, 4) is 0 Å². The number of hydrogen-bond donors (Lipinski definition) is 1. The normalized spacial score (nSPS) is 26.7. The van der Waals surface area contributed by atoms with Crippen LogP contribution >= 0.6 is 11.3 Å². The fraction of sp³-hybridized carbons (Fsp3) is 0.800. The third-order valence-corrected chi connectivity index (χ3v) is 5.58. The van der Waals surface area contributed by atoms with Crippen molar-refractivity contribution in [3.05, 3.63) is 16.1 Å². The summed E-state index contributed by atoms with van der Waals surface area (Å²) in [4.78, 5) is 7.47. The Balaban J connectivity index is 1.60. The van der Waals surface area contributed by atoms with E-state index in [9.17, 15) is 0 Å². The molecule has 2 fully saturated rings. The lowest BCUT2D eigenvalue weighted by atomic mass is 9.90. The van der Waals surface area contributed by atoms with Gasteiger partial charge in [0, 0.05) is 43.5 Å². The number of aromatic nitrogens is 1. The fourth-order valence-electron chi connectivity index (χ4n) is 3.26. The second-order valence-corrected chi connectivity index (χ2v) is 6.93. The number of nitrogens with zero attached hydrogens (tertiary/aromatic N) is 2. The molecule has 106 valence electrons. The largest absolute Gasteiger partial charge is 0.314 e. The summed E-state index contributed by atoms with van der Waals surface area (Å²) in [5.74, 6) is 0.757. The SMILES string of the molecule is C[C@H]1CNCCN1Cc1csc(C2CCCCC2)n1. The molecule has 1 saturated carbocycles. The van der Waals surface area contributed by atoms with E-state index in [1.807, 2.05) is 11.3 Å². The van der Waals surface area contributed by atoms with E-state index in [1.165, 1.54) is 42.8 Å². The summed E-state index contributed by atoms with van der Waals surface area (Å²) in [7, 11) is 0. The van der Waals surface area contributed by atoms with Gasteiger partial charge in [-0.2, -0.15) is 0 Å². The molecular weight excluding hydrogens is 254 g/mol. The van der Waals surface area contributed by atoms with Gasteiger partial charge in [-0.3, -0.25) is 4.90 Å². The zero-order valence-corrected chi connectivity index (χ0v) is 12.7. The van der Waals surface area contributed by atoms with E-state index in [1.54, 1.807) is 0 Å². The minimum absolute atomic E-state index is 0.633. The first-order valence-corrected chi connectivity index (χ1v) is 8.60. The molecule has 1 saturated heterocycles. The van der Waals surface area contributed by atoms with Crippen molar-refractivity contribution in [3.63, 3.8) is 0 Å². The third kappa shape index (κ3) is 3.36. The van der Waals surface area contributed by atoms with Crippen LogP contribution < -0.4 is 5.32 Å². The van der Waals surface area contributed by atoms with Crippen LogP contribution in [0, 0.1) is 0 Å². The smallest absolute Gasteiger partial charge is 0.0959 e. The Bertz CT molecular complexity index is 398. The molecule has 4 heteroatoms. The molecule has 2 aliphatic rings. The van der Waals surface area contributed by atoms with Crippen LogP contribution in [0.2, 0.25) is 0 Å². The number of rotatable bonds is 3. The van der Waals surface area contributed by atoms with Crippen LogP contribution in [-0.4, -0.2) is 35.6 Å². The van der Waals surface area contributed by atoms with Gasteiger partial charge in [-0.15, -0.1) is 11.3 Å². The highest BCUT2D eigenvalue weighted by Gasteiger charge is 2.21. The van der Waals surface area contributed by atoms with Gasteiger partial charge in [0.2, 0.25) is 0 Å². The van der Waals surface area contributed by atoms with E-state index < -0.39 is 0 Å². The van der Waals surface area contributed by atoms with Gasteiger partial charge in [0.15, 0.2) is 0 Å². The number of piperazine rings is 1. The highest BCUT2D eigenvalue weighted by molar-refractivity contribution is 7.09. The standard InChI is InChI=1S/C15H25N3S/c1-12-9-16-7-8-18(12)10-14-11-19-15(17-14)13-5-3-2-4-6-13/h11-13,16H,2-10H2,1H3/t12-/m0/s1. The predicted octanol–water partition coefficient (Wildman–Crippen LogP) is 2.98. The van der Waals surface area contributed by atoms with Crippen LogP contribution in [0.5, 0.6) is 0 Å². The second-order valence-electron chi connectivity index (χ2n) is 6.04. The van der Waals surface area contributed by atoms with Crippen LogP contribution in [0.1, 0.15) is 55.6 Å². The topological polar surface area (TPSA) is 28.2 Å². The molecule has 1 aromatic rings. The zero-order chi connectivity index (χ0) is 13.1. The zero-order valence-electron chi connectivity index (χ0n) is 11.9. The van der Waals surface area contributed by atoms with E-state index >= 15 is 0 Å². The van der Waals surface area contributed by atoms with Crippen LogP contribution in [0.3, 0.4) is 0 Å². The summed E-state index contributed by atoms with van der Waals surface area (Å²) in [6, 6.07) is 0.633. The lowest BCUT2D eigenvalue weighted by molar-refractivity contribution is 0.164. The lowest BCUT2D eigenvalue weighted by Crippen LogP contribution is -2.49. The van der Waals surface area contributed by atoms with Gasteiger partial charge < -0.3 is 5.32 Å². The van der Waals surface area contributed by atoms with Gasteiger partial charge >= 0.3 is 0 Å². The Kier molecular flexibility index (Phi) is 4.51. The van der Waals surface area contributed by atoms with Crippen molar-refractivity contribution in [1.29, 1.82) is 0 Å². The minimum Gasteiger partial charge on any atom is -0.314 e. The van der Waals surface area contributed by atoms with Gasteiger partial charge in [-0.1, -0.05) is 19.3 Å². The van der Waals surface area contributed by atoms with Gasteiger partial charge in [-0.25, -0.2) is 4.98 Å². The first kappa shape index (κ1) is 13.5. The van der Waals surface area contributed by atoms with Crippen LogP contribution in [-0.2, 0) is 6.54 Å². The maximum absolute atomic E-state index is 4.92. The Morgan fingerprint density at radius 1 is 1.37 bits per heavy atom. The monoisotopic (exact) mass is 279 g/mol. The molecule has 0 unspecified atom stereocenters. The van der Waals surface area contributed by atoms with Crippen LogP contribution in [0.25, 0.3) is 0 Å². The Morgan fingerprint density at radius 2 is 2.21 bits per heavy atom. The maximum atomic E-state index is 4.92. The molecule has 2 heterocycles. The molecule has 0 spiro atoms. The fourth-order valence-corrected chi connectivity index (χ4v) is 4.24. The first-order chi connectivity index (χ1) is 9.33. The molecular formula is C15H25N3S. The van der Waals surface area contributed by atoms with Gasteiger partial charge in [0.25, 0.3) is 0 Å². The van der Waals surface area contributed by atoms with Crippen LogP contribution in [0.15, 0.2) is 5.38 Å². The van der Waals surface area contributed by atoms with E-state index in [-0.39, 0.29) is 0 Å². The van der Waals surface area contributed by atoms with Crippen molar-refractivity contribution in [2.75, 3.05) is 19.6 Å². The summed E-state index contributed by atoms with van der Waals surface area (Å²) in [5, 5.41) is 7.14. The van der Waals surface area contributed by atoms with Crippen molar-refractivity contribution >= 4 is 11.3 Å². The van der Waals surface area contributed by atoms with E-state index in [4.69, 9.17) is 4.98 Å². The molecule has 0 radical (unpaired) electrons. The second kappa shape index (κ2) is 6.33. The predicted molar refractivity (Wildman–Crippen MR) is 80.7 cm³/mol. The van der Waals surface area contributed by atoms with Gasteiger partial charge in [-0.05, 0) is 19.8 Å². The van der Waals surface area contributed by atoms with E-state index in [0.29, 0.717) is 6.04 Å². The molecule has 1 N–H and O–H groups in total. The minimum atomic E-state index is 0.633.